The predicted octanol–water partition coefficient (Wildman–Crippen LogP) is 6.36. The maximum Gasteiger partial charge on any atom is 0.335 e. The molecule has 35 heavy (non-hydrogen) atoms. The molecule has 5 fully saturated rings. The van der Waals surface area contributed by atoms with Gasteiger partial charge in [-0.2, -0.15) is 0 Å². The summed E-state index contributed by atoms with van der Waals surface area (Å²) in [5, 5.41) is 17.7. The van der Waals surface area contributed by atoms with Gasteiger partial charge in [-0.05, 0) is 123 Å². The Morgan fingerprint density at radius 3 is 2.11 bits per heavy atom. The highest BCUT2D eigenvalue weighted by Gasteiger charge is 2.52. The first-order chi connectivity index (χ1) is 17.0. The van der Waals surface area contributed by atoms with Crippen LogP contribution in [0.3, 0.4) is 0 Å². The average molecular weight is 471 g/mol. The first kappa shape index (κ1) is 21.2. The van der Waals surface area contributed by atoms with Crippen LogP contribution in [0.5, 0.6) is 5.75 Å². The van der Waals surface area contributed by atoms with E-state index in [2.05, 4.69) is 22.3 Å². The summed E-state index contributed by atoms with van der Waals surface area (Å²) in [6.07, 6.45) is 10.6. The fourth-order valence-electron chi connectivity index (χ4n) is 7.35. The maximum atomic E-state index is 11.2. The normalized spacial score (nSPS) is 28.9. The van der Waals surface area contributed by atoms with E-state index in [1.54, 1.807) is 24.3 Å². The number of rotatable bonds is 7. The largest absolute Gasteiger partial charge is 0.493 e. The predicted molar refractivity (Wildman–Crippen MR) is 130 cm³/mol. The molecule has 3 aromatic rings. The molecule has 1 aromatic heterocycles. The van der Waals surface area contributed by atoms with Crippen LogP contribution in [0.15, 0.2) is 46.9 Å². The Morgan fingerprint density at radius 2 is 1.51 bits per heavy atom. The second-order valence-electron chi connectivity index (χ2n) is 11.5. The van der Waals surface area contributed by atoms with Crippen LogP contribution in [0, 0.1) is 23.7 Å². The van der Waals surface area contributed by atoms with Crippen LogP contribution in [0.4, 0.5) is 0 Å². The van der Waals surface area contributed by atoms with Crippen LogP contribution in [0.1, 0.15) is 67.3 Å². The maximum absolute atomic E-state index is 11.2. The number of carbonyl (C=O) groups is 1. The summed E-state index contributed by atoms with van der Waals surface area (Å²) in [5.74, 6) is 4.24. The molecule has 0 spiro atoms. The zero-order valence-electron chi connectivity index (χ0n) is 19.8. The Bertz CT molecular complexity index is 1240. The summed E-state index contributed by atoms with van der Waals surface area (Å²) in [4.78, 5) is 11.2. The summed E-state index contributed by atoms with van der Waals surface area (Å²) in [6.45, 7) is 0.815. The molecule has 5 saturated carbocycles. The number of carboxylic acid groups (broad SMARTS) is 1. The van der Waals surface area contributed by atoms with Gasteiger partial charge in [-0.3, -0.25) is 0 Å². The topological polar surface area (TPSA) is 85.5 Å². The third-order valence-corrected chi connectivity index (χ3v) is 8.81. The summed E-state index contributed by atoms with van der Waals surface area (Å²) < 4.78 is 12.5. The molecule has 0 atom stereocenters. The number of hydrogen-bond acceptors (Lipinski definition) is 5. The molecule has 4 bridgehead atoms. The van der Waals surface area contributed by atoms with Crippen molar-refractivity contribution in [3.63, 3.8) is 0 Å². The SMILES string of the molecule is O=C(O)c1ccc(-c2nnc(-c3ccc(OCC4CC4)c(C45CC6CC(CC(C6)C4)C5)c3)o2)cc1. The molecule has 1 N–H and O–H groups in total. The third-order valence-electron chi connectivity index (χ3n) is 8.81. The van der Waals surface area contributed by atoms with E-state index in [1.165, 1.54) is 56.9 Å². The number of benzene rings is 2. The van der Waals surface area contributed by atoms with Gasteiger partial charge in [-0.15, -0.1) is 10.2 Å². The van der Waals surface area contributed by atoms with Gasteiger partial charge in [0.25, 0.3) is 0 Å². The van der Waals surface area contributed by atoms with Gasteiger partial charge < -0.3 is 14.3 Å². The van der Waals surface area contributed by atoms with Crippen molar-refractivity contribution in [2.24, 2.45) is 23.7 Å². The molecule has 2 aromatic carbocycles. The van der Waals surface area contributed by atoms with Crippen molar-refractivity contribution in [1.29, 1.82) is 0 Å². The Morgan fingerprint density at radius 1 is 0.914 bits per heavy atom. The number of ether oxygens (including phenoxy) is 1. The molecule has 1 heterocycles. The number of nitrogens with zero attached hydrogens (tertiary/aromatic N) is 2. The monoisotopic (exact) mass is 470 g/mol. The highest BCUT2D eigenvalue weighted by molar-refractivity contribution is 5.88. The van der Waals surface area contributed by atoms with Gasteiger partial charge in [0.2, 0.25) is 11.8 Å². The lowest BCUT2D eigenvalue weighted by molar-refractivity contribution is -0.00641. The van der Waals surface area contributed by atoms with E-state index in [1.807, 2.05) is 6.07 Å². The van der Waals surface area contributed by atoms with Gasteiger partial charge in [0.05, 0.1) is 12.2 Å². The second kappa shape index (κ2) is 7.94. The van der Waals surface area contributed by atoms with E-state index in [0.29, 0.717) is 23.3 Å². The Kier molecular flexibility index (Phi) is 4.80. The molecule has 5 aliphatic carbocycles. The van der Waals surface area contributed by atoms with Crippen LogP contribution in [-0.2, 0) is 5.41 Å². The lowest BCUT2D eigenvalue weighted by Crippen LogP contribution is -2.48. The fraction of sp³-hybridized carbons (Fsp3) is 0.483. The molecule has 180 valence electrons. The highest BCUT2D eigenvalue weighted by Crippen LogP contribution is 2.62. The van der Waals surface area contributed by atoms with Crippen molar-refractivity contribution in [2.75, 3.05) is 6.61 Å². The van der Waals surface area contributed by atoms with Gasteiger partial charge in [0.1, 0.15) is 5.75 Å². The number of aromatic carboxylic acids is 1. The smallest absolute Gasteiger partial charge is 0.335 e. The molecule has 6 nitrogen and oxygen atoms in total. The van der Waals surface area contributed by atoms with Gasteiger partial charge in [0, 0.05) is 16.7 Å². The van der Waals surface area contributed by atoms with Crippen molar-refractivity contribution in [3.8, 4) is 28.7 Å². The average Bonchev–Trinajstić information content (AvgIpc) is 3.55. The van der Waals surface area contributed by atoms with Crippen LogP contribution >= 0.6 is 0 Å². The van der Waals surface area contributed by atoms with E-state index in [0.717, 1.165) is 35.7 Å². The minimum atomic E-state index is -0.955. The highest BCUT2D eigenvalue weighted by atomic mass is 16.5. The van der Waals surface area contributed by atoms with Crippen LogP contribution in [0.25, 0.3) is 22.9 Å². The molecule has 6 heteroatoms. The summed E-state index contributed by atoms with van der Waals surface area (Å²) in [7, 11) is 0. The van der Waals surface area contributed by atoms with Crippen LogP contribution in [0.2, 0.25) is 0 Å². The van der Waals surface area contributed by atoms with E-state index >= 15 is 0 Å². The van der Waals surface area contributed by atoms with E-state index in [9.17, 15) is 4.79 Å². The molecule has 0 aliphatic heterocycles. The quantitative estimate of drug-likeness (QED) is 0.432. The number of carboxylic acids is 1. The van der Waals surface area contributed by atoms with Crippen molar-refractivity contribution in [2.45, 2.75) is 56.8 Å². The summed E-state index contributed by atoms with van der Waals surface area (Å²) in [6, 6.07) is 12.9. The minimum Gasteiger partial charge on any atom is -0.493 e. The Hall–Kier alpha value is -3.15. The minimum absolute atomic E-state index is 0.207. The van der Waals surface area contributed by atoms with E-state index < -0.39 is 5.97 Å². The first-order valence-electron chi connectivity index (χ1n) is 13.0. The van der Waals surface area contributed by atoms with Gasteiger partial charge in [-0.1, -0.05) is 0 Å². The van der Waals surface area contributed by atoms with E-state index in [4.69, 9.17) is 14.3 Å². The van der Waals surface area contributed by atoms with Crippen molar-refractivity contribution >= 4 is 5.97 Å². The van der Waals surface area contributed by atoms with Crippen molar-refractivity contribution in [1.82, 2.24) is 10.2 Å². The third kappa shape index (κ3) is 3.83. The summed E-state index contributed by atoms with van der Waals surface area (Å²) in [5.41, 5.74) is 3.42. The Labute approximate surface area is 204 Å². The lowest BCUT2D eigenvalue weighted by atomic mass is 9.48. The second-order valence-corrected chi connectivity index (χ2v) is 11.5. The summed E-state index contributed by atoms with van der Waals surface area (Å²) >= 11 is 0. The fourth-order valence-corrected chi connectivity index (χ4v) is 7.35. The first-order valence-corrected chi connectivity index (χ1v) is 13.0. The molecular weight excluding hydrogens is 440 g/mol. The van der Waals surface area contributed by atoms with Crippen molar-refractivity contribution in [3.05, 3.63) is 53.6 Å². The molecule has 0 amide bonds. The number of aromatic nitrogens is 2. The zero-order valence-corrected chi connectivity index (χ0v) is 19.8. The lowest BCUT2D eigenvalue weighted by Gasteiger charge is -2.57. The molecule has 0 saturated heterocycles. The molecule has 5 aliphatic rings. The molecule has 0 radical (unpaired) electrons. The number of hydrogen-bond donors (Lipinski definition) is 1. The van der Waals surface area contributed by atoms with Gasteiger partial charge in [-0.25, -0.2) is 4.79 Å². The molecular formula is C29H30N2O4. The van der Waals surface area contributed by atoms with Gasteiger partial charge >= 0.3 is 5.97 Å². The Balaban J connectivity index is 1.23. The molecule has 0 unspecified atom stereocenters. The standard InChI is InChI=1S/C29H30N2O4/c32-28(33)22-5-3-21(4-6-22)26-30-31-27(35-26)23-7-8-25(34-16-17-1-2-17)24(12-23)29-13-18-9-19(14-29)11-20(10-18)15-29/h3-8,12,17-20H,1-2,9-11,13-16H2,(H,32,33). The van der Waals surface area contributed by atoms with Gasteiger partial charge in [0.15, 0.2) is 0 Å². The van der Waals surface area contributed by atoms with E-state index in [-0.39, 0.29) is 11.0 Å². The van der Waals surface area contributed by atoms with Crippen LogP contribution < -0.4 is 4.74 Å². The van der Waals surface area contributed by atoms with Crippen LogP contribution in [-0.4, -0.2) is 27.9 Å². The zero-order chi connectivity index (χ0) is 23.6. The molecule has 8 rings (SSSR count). The van der Waals surface area contributed by atoms with Crippen molar-refractivity contribution < 1.29 is 19.1 Å².